The van der Waals surface area contributed by atoms with E-state index < -0.39 is 35.7 Å². The topological polar surface area (TPSA) is 178 Å². The van der Waals surface area contributed by atoms with Gasteiger partial charge in [0.1, 0.15) is 12.4 Å². The minimum Gasteiger partial charge on any atom is -0.492 e. The molecule has 3 saturated heterocycles. The van der Waals surface area contributed by atoms with Gasteiger partial charge in [-0.25, -0.2) is 0 Å². The number of amides is 1. The maximum absolute atomic E-state index is 14.1. The van der Waals surface area contributed by atoms with Crippen LogP contribution in [-0.2, 0) is 51.4 Å². The van der Waals surface area contributed by atoms with Crippen LogP contribution in [0.5, 0.6) is 5.75 Å². The van der Waals surface area contributed by atoms with Crippen molar-refractivity contribution in [1.82, 2.24) is 20.9 Å². The summed E-state index contributed by atoms with van der Waals surface area (Å²) in [6.45, 7) is 5.32. The number of carbonyl (C=O) groups excluding carboxylic acids is 1. The van der Waals surface area contributed by atoms with Gasteiger partial charge in [-0.3, -0.25) is 19.2 Å². The van der Waals surface area contributed by atoms with E-state index in [9.17, 15) is 34.5 Å². The first-order valence-corrected chi connectivity index (χ1v) is 20.1. The molecule has 3 aliphatic heterocycles. The van der Waals surface area contributed by atoms with Gasteiger partial charge in [0.2, 0.25) is 5.91 Å². The number of aliphatic carboxylic acids is 3. The largest absolute Gasteiger partial charge is 0.492 e. The van der Waals surface area contributed by atoms with E-state index in [0.717, 1.165) is 66.7 Å². The Morgan fingerprint density at radius 2 is 1.04 bits per heavy atom. The second-order valence-corrected chi connectivity index (χ2v) is 15.8. The molecule has 0 saturated carbocycles. The van der Waals surface area contributed by atoms with Crippen LogP contribution in [0.2, 0.25) is 0 Å². The fourth-order valence-corrected chi connectivity index (χ4v) is 8.75. The van der Waals surface area contributed by atoms with Crippen molar-refractivity contribution in [2.75, 3.05) is 52.4 Å². The van der Waals surface area contributed by atoms with Crippen molar-refractivity contribution < 1.29 is 39.2 Å². The smallest absolute Gasteiger partial charge is 0.307 e. The van der Waals surface area contributed by atoms with Crippen LogP contribution in [0.15, 0.2) is 72.8 Å². The Kier molecular flexibility index (Phi) is 14.5. The van der Waals surface area contributed by atoms with E-state index in [-0.39, 0.29) is 43.2 Å². The van der Waals surface area contributed by atoms with E-state index in [0.29, 0.717) is 51.2 Å². The van der Waals surface area contributed by atoms with Crippen LogP contribution in [-0.4, -0.2) is 96.5 Å². The number of carbonyl (C=O) groups is 4. The van der Waals surface area contributed by atoms with E-state index >= 15 is 0 Å². The van der Waals surface area contributed by atoms with Crippen LogP contribution in [0.1, 0.15) is 47.1 Å². The Labute approximate surface area is 329 Å². The lowest BCUT2D eigenvalue weighted by Gasteiger charge is -2.24. The molecule has 6 atom stereocenters. The SMILES string of the molecule is O=C(O)[C@H](Cc1cccc(CC(=O)N(CCOc2cccc(C[C@@H](C(=O)O)[C@H]3CCNC3)c2)Cc2cccc(C[C@@H](C(=O)O)[C@H]3CCNC3)c2)c1)[C@H]1CCNC1. The molecule has 300 valence electrons. The molecule has 1 amide bonds. The van der Waals surface area contributed by atoms with Crippen molar-refractivity contribution in [2.24, 2.45) is 35.5 Å². The highest BCUT2D eigenvalue weighted by atomic mass is 16.5. The number of rotatable bonds is 20. The Balaban J connectivity index is 1.15. The van der Waals surface area contributed by atoms with Gasteiger partial charge in [-0.05, 0) is 135 Å². The van der Waals surface area contributed by atoms with E-state index in [4.69, 9.17) is 4.74 Å². The maximum Gasteiger partial charge on any atom is 0.307 e. The highest BCUT2D eigenvalue weighted by Gasteiger charge is 2.33. The molecule has 3 heterocycles. The average molecular weight is 769 g/mol. The first-order chi connectivity index (χ1) is 27.1. The van der Waals surface area contributed by atoms with Gasteiger partial charge < -0.3 is 40.9 Å². The molecule has 0 unspecified atom stereocenters. The average Bonchev–Trinajstić information content (AvgIpc) is 4.00. The summed E-state index contributed by atoms with van der Waals surface area (Å²) in [7, 11) is 0. The highest BCUT2D eigenvalue weighted by Crippen LogP contribution is 2.27. The summed E-state index contributed by atoms with van der Waals surface area (Å²) in [6.07, 6.45) is 3.82. The number of hydrogen-bond donors (Lipinski definition) is 6. The van der Waals surface area contributed by atoms with Crippen LogP contribution >= 0.6 is 0 Å². The lowest BCUT2D eigenvalue weighted by atomic mass is 9.86. The summed E-state index contributed by atoms with van der Waals surface area (Å²) in [5.74, 6) is -3.20. The molecule has 6 rings (SSSR count). The third-order valence-corrected chi connectivity index (χ3v) is 11.9. The number of nitrogens with zero attached hydrogens (tertiary/aromatic N) is 1. The van der Waals surface area contributed by atoms with Crippen molar-refractivity contribution >= 4 is 23.8 Å². The summed E-state index contributed by atoms with van der Waals surface area (Å²) in [6, 6.07) is 22.9. The van der Waals surface area contributed by atoms with Gasteiger partial charge in [0.05, 0.1) is 30.7 Å². The fraction of sp³-hybridized carbons (Fsp3) is 0.500. The van der Waals surface area contributed by atoms with Crippen molar-refractivity contribution in [3.63, 3.8) is 0 Å². The van der Waals surface area contributed by atoms with Gasteiger partial charge in [-0.2, -0.15) is 0 Å². The van der Waals surface area contributed by atoms with Crippen molar-refractivity contribution in [3.8, 4) is 5.75 Å². The first kappa shape index (κ1) is 40.9. The molecule has 56 heavy (non-hydrogen) atoms. The molecule has 3 aromatic rings. The number of carboxylic acids is 3. The van der Waals surface area contributed by atoms with Gasteiger partial charge in [0.25, 0.3) is 0 Å². The summed E-state index contributed by atoms with van der Waals surface area (Å²) in [5, 5.41) is 39.8. The maximum atomic E-state index is 14.1. The molecule has 0 radical (unpaired) electrons. The second kappa shape index (κ2) is 19.9. The van der Waals surface area contributed by atoms with Gasteiger partial charge >= 0.3 is 17.9 Å². The molecule has 3 aliphatic rings. The Morgan fingerprint density at radius 1 is 0.607 bits per heavy atom. The molecule has 0 spiro atoms. The van der Waals surface area contributed by atoms with Crippen molar-refractivity contribution in [2.45, 2.75) is 51.5 Å². The van der Waals surface area contributed by atoms with Crippen molar-refractivity contribution in [1.29, 1.82) is 0 Å². The zero-order valence-electron chi connectivity index (χ0n) is 32.0. The van der Waals surface area contributed by atoms with Crippen molar-refractivity contribution in [3.05, 3.63) is 101 Å². The third kappa shape index (κ3) is 11.4. The lowest BCUT2D eigenvalue weighted by molar-refractivity contribution is -0.144. The molecular weight excluding hydrogens is 713 g/mol. The molecule has 12 heteroatoms. The normalized spacial score (nSPS) is 21.0. The van der Waals surface area contributed by atoms with E-state index in [1.165, 1.54) is 0 Å². The molecule has 0 aliphatic carbocycles. The lowest BCUT2D eigenvalue weighted by Crippen LogP contribution is -2.35. The zero-order valence-corrected chi connectivity index (χ0v) is 32.0. The standard InChI is InChI=1S/C44H56N4O8/c49-41(24-31-6-1-4-29(18-31)21-38(42(50)51)34-10-13-45-25-34)48(28-33-8-2-5-30(19-33)22-39(43(52)53)35-11-14-46-26-35)16-17-56-37-9-3-7-32(20-37)23-40(44(54)55)36-12-15-47-27-36/h1-9,18-20,34-36,38-40,45-47H,10-17,21-28H2,(H,50,51)(H,52,53)(H,54,55)/t34-,35-,36-,38+,39+,40+/m0/s1. The summed E-state index contributed by atoms with van der Waals surface area (Å²) >= 11 is 0. The zero-order chi connectivity index (χ0) is 39.4. The number of nitrogens with one attached hydrogen (secondary N) is 3. The number of carboxylic acid groups (broad SMARTS) is 3. The molecular formula is C44H56N4O8. The Morgan fingerprint density at radius 3 is 1.50 bits per heavy atom. The molecule has 0 aromatic heterocycles. The van der Waals surface area contributed by atoms with Crippen LogP contribution in [0.3, 0.4) is 0 Å². The number of hydrogen-bond acceptors (Lipinski definition) is 8. The summed E-state index contributed by atoms with van der Waals surface area (Å²) in [5.41, 5.74) is 4.36. The first-order valence-electron chi connectivity index (χ1n) is 20.1. The number of ether oxygens (including phenoxy) is 1. The molecule has 0 bridgehead atoms. The van der Waals surface area contributed by atoms with Crippen LogP contribution in [0.4, 0.5) is 0 Å². The van der Waals surface area contributed by atoms with Crippen LogP contribution in [0.25, 0.3) is 0 Å². The predicted octanol–water partition coefficient (Wildman–Crippen LogP) is 3.90. The van der Waals surface area contributed by atoms with E-state index in [1.807, 2.05) is 72.8 Å². The van der Waals surface area contributed by atoms with E-state index in [2.05, 4.69) is 16.0 Å². The molecule has 3 aromatic carbocycles. The van der Waals surface area contributed by atoms with Gasteiger partial charge in [-0.15, -0.1) is 0 Å². The monoisotopic (exact) mass is 768 g/mol. The van der Waals surface area contributed by atoms with E-state index in [1.54, 1.807) is 4.90 Å². The predicted molar refractivity (Wildman–Crippen MR) is 211 cm³/mol. The molecule has 6 N–H and O–H groups in total. The minimum atomic E-state index is -0.804. The summed E-state index contributed by atoms with van der Waals surface area (Å²) in [4.78, 5) is 52.4. The fourth-order valence-electron chi connectivity index (χ4n) is 8.75. The third-order valence-electron chi connectivity index (χ3n) is 11.9. The Bertz CT molecular complexity index is 1800. The van der Waals surface area contributed by atoms with Gasteiger partial charge in [0, 0.05) is 6.54 Å². The molecule has 12 nitrogen and oxygen atoms in total. The minimum absolute atomic E-state index is 0.0635. The van der Waals surface area contributed by atoms with Gasteiger partial charge in [-0.1, -0.05) is 60.7 Å². The quantitative estimate of drug-likeness (QED) is 0.0984. The Hall–Kier alpha value is -4.78. The highest BCUT2D eigenvalue weighted by molar-refractivity contribution is 5.79. The van der Waals surface area contributed by atoms with Gasteiger partial charge in [0.15, 0.2) is 0 Å². The number of benzene rings is 3. The molecule has 3 fully saturated rings. The van der Waals surface area contributed by atoms with Crippen LogP contribution in [0, 0.1) is 35.5 Å². The summed E-state index contributed by atoms with van der Waals surface area (Å²) < 4.78 is 6.19. The van der Waals surface area contributed by atoms with Crippen LogP contribution < -0.4 is 20.7 Å². The second-order valence-electron chi connectivity index (χ2n) is 15.8.